The number of urea groups is 4. The summed E-state index contributed by atoms with van der Waals surface area (Å²) in [6, 6.07) is 55.9. The number of methoxy groups -OCH3 is 1. The van der Waals surface area contributed by atoms with Gasteiger partial charge in [-0.3, -0.25) is 37.4 Å². The van der Waals surface area contributed by atoms with E-state index in [4.69, 9.17) is 74.3 Å². The van der Waals surface area contributed by atoms with Gasteiger partial charge in [0.15, 0.2) is 0 Å². The van der Waals surface area contributed by atoms with E-state index in [2.05, 4.69) is 51.7 Å². The van der Waals surface area contributed by atoms with Gasteiger partial charge >= 0.3 is 24.1 Å². The van der Waals surface area contributed by atoms with E-state index in [1.165, 1.54) is 181 Å². The molecule has 18 rings (SSSR count). The number of hydrogen-bond acceptors (Lipinski definition) is 27. The summed E-state index contributed by atoms with van der Waals surface area (Å²) < 4.78 is 117. The number of rotatable bonds is 27. The van der Waals surface area contributed by atoms with Crippen molar-refractivity contribution in [3.8, 4) is 28.5 Å². The van der Waals surface area contributed by atoms with Crippen LogP contribution in [0, 0.1) is 0 Å². The molecule has 0 atom stereocenters. The quantitative estimate of drug-likeness (QED) is 0.0214. The fraction of sp³-hybridized carbons (Fsp3) is 0.170. The average Bonchev–Trinajstić information content (AvgIpc) is 0.870. The highest BCUT2D eigenvalue weighted by molar-refractivity contribution is 7.93. The van der Waals surface area contributed by atoms with Gasteiger partial charge in [-0.2, -0.15) is 0 Å². The van der Waals surface area contributed by atoms with E-state index in [0.29, 0.717) is 81.1 Å². The lowest BCUT2D eigenvalue weighted by atomic mass is 10.1. The van der Waals surface area contributed by atoms with Crippen molar-refractivity contribution in [2.45, 2.75) is 61.8 Å². The number of likely N-dealkylation sites (tertiary alicyclic amines) is 2. The highest BCUT2D eigenvalue weighted by Gasteiger charge is 2.27. The topological polar surface area (TPSA) is 455 Å². The second-order valence-electron chi connectivity index (χ2n) is 31.7. The molecule has 0 radical (unpaired) electrons. The molecular weight excluding hydrogens is 2120 g/mol. The molecule has 8 aromatic carbocycles. The van der Waals surface area contributed by atoms with Crippen molar-refractivity contribution in [1.29, 1.82) is 0 Å². The number of para-hydroxylation sites is 1. The third-order valence-electron chi connectivity index (χ3n) is 21.9. The Bertz CT molecular complexity index is 8250. The molecule has 8 aromatic heterocycles. The van der Waals surface area contributed by atoms with Gasteiger partial charge < -0.3 is 46.4 Å². The largest absolute Gasteiger partial charge is 0.497 e. The fourth-order valence-electron chi connectivity index (χ4n) is 15.1. The standard InChI is InChI=1S/C28H29Cl2N5O4S2.C27H27Cl2N5O4S2.C20H15ClN4O5S2.C19H13ClN4O4S2/c29-23-18-21(32-28(37)33-41(38,39)26-10-9-25(30)40-26)6-8-24(23)35-16-11-19-17-20(5-7-22(19)27(35)36)31-12-4-15-34-13-2-1-3-14-34;28-22-17-20(31-27(36)32-40(37,38)25-9-8-24(29)39-25)5-7-23(22)34-15-10-18-16-19(4-6-21(18)26(34)35)30-11-3-14-33-12-1-2-13-33;1-30-14-6-7-15-16(10-14)22-11-25(19(15)26)13-4-2-12(3-5-13)23-20(27)24-32(28,29)18-9-8-17(21)31-18;20-16-9-10-17(29-16)30(27,28)23-19(26)22-12-5-7-13(8-6-12)24-11-21-15-4-2-1-3-14(15)18(24)25/h5-11,16-18,31H,1-4,12-15H2,(H2,32,33,37);4-10,15-17,30H,1-3,11-14H2,(H2,31,32,36);2-11H,1H3,(H2,23,24,27);1-11H,(H2,22,23,26). The number of fused-ring (bicyclic) bond motifs is 4. The van der Waals surface area contributed by atoms with E-state index in [0.717, 1.165) is 107 Å². The number of amides is 8. The maximum absolute atomic E-state index is 13.3. The molecule has 2 fully saturated rings. The molecule has 0 saturated carbocycles. The van der Waals surface area contributed by atoms with Crippen LogP contribution in [0.4, 0.5) is 53.3 Å². The van der Waals surface area contributed by atoms with Crippen molar-refractivity contribution in [3.63, 3.8) is 0 Å². The summed E-state index contributed by atoms with van der Waals surface area (Å²) in [5.74, 6) is 0.597. The smallest absolute Gasteiger partial charge is 0.333 e. The molecule has 10 N–H and O–H groups in total. The predicted molar refractivity (Wildman–Crippen MR) is 567 cm³/mol. The first-order valence-electron chi connectivity index (χ1n) is 43.4. The molecule has 0 aliphatic carbocycles. The Morgan fingerprint density at radius 1 is 0.350 bits per heavy atom. The van der Waals surface area contributed by atoms with Crippen molar-refractivity contribution in [2.24, 2.45) is 0 Å². The number of nitrogens with one attached hydrogen (secondary N) is 10. The molecule has 49 heteroatoms. The van der Waals surface area contributed by atoms with E-state index in [9.17, 15) is 72.0 Å². The highest BCUT2D eigenvalue weighted by Crippen LogP contribution is 2.34. The van der Waals surface area contributed by atoms with Crippen LogP contribution in [-0.4, -0.2) is 155 Å². The maximum atomic E-state index is 13.3. The normalized spacial score (nSPS) is 12.9. The van der Waals surface area contributed by atoms with Crippen molar-refractivity contribution in [1.82, 2.24) is 56.9 Å². The van der Waals surface area contributed by atoms with Crippen LogP contribution in [0.25, 0.3) is 66.1 Å². The third-order valence-corrected chi connectivity index (χ3v) is 34.8. The summed E-state index contributed by atoms with van der Waals surface area (Å²) in [5, 5.41) is 20.7. The van der Waals surface area contributed by atoms with E-state index in [1.807, 2.05) is 55.3 Å². The number of ether oxygens (including phenoxy) is 1. The molecule has 10 heterocycles. The summed E-state index contributed by atoms with van der Waals surface area (Å²) in [5.41, 5.74) is 5.15. The molecule has 0 bridgehead atoms. The summed E-state index contributed by atoms with van der Waals surface area (Å²) in [6.07, 6.45) is 14.8. The predicted octanol–water partition coefficient (Wildman–Crippen LogP) is 19.2. The van der Waals surface area contributed by atoms with Crippen LogP contribution in [-0.2, 0) is 40.1 Å². The number of anilines is 6. The van der Waals surface area contributed by atoms with Gasteiger partial charge in [0.2, 0.25) is 0 Å². The zero-order valence-electron chi connectivity index (χ0n) is 74.8. The van der Waals surface area contributed by atoms with Crippen molar-refractivity contribution in [2.75, 3.05) is 91.4 Å². The van der Waals surface area contributed by atoms with Gasteiger partial charge in [-0.15, -0.1) is 45.3 Å². The van der Waals surface area contributed by atoms with Gasteiger partial charge in [-0.25, -0.2) is 81.7 Å². The van der Waals surface area contributed by atoms with Crippen LogP contribution >= 0.6 is 115 Å². The molecule has 143 heavy (non-hydrogen) atoms. The van der Waals surface area contributed by atoms with Crippen LogP contribution in [0.15, 0.2) is 286 Å². The Hall–Kier alpha value is -12.8. The number of thiophene rings is 4. The number of benzene rings is 8. The Labute approximate surface area is 863 Å². The number of hydrogen-bond donors (Lipinski definition) is 10. The minimum absolute atomic E-state index is 0.0684. The van der Waals surface area contributed by atoms with E-state index < -0.39 is 64.2 Å². The lowest BCUT2D eigenvalue weighted by Gasteiger charge is -2.26. The summed E-state index contributed by atoms with van der Waals surface area (Å²) >= 11 is 39.4. The lowest BCUT2D eigenvalue weighted by molar-refractivity contribution is 0.228. The van der Waals surface area contributed by atoms with Gasteiger partial charge in [0.1, 0.15) is 35.2 Å². The Morgan fingerprint density at radius 3 is 1.06 bits per heavy atom. The number of piperidine rings is 1. The number of sulfonamides is 4. The van der Waals surface area contributed by atoms with Gasteiger partial charge in [-0.05, 0) is 295 Å². The van der Waals surface area contributed by atoms with Crippen molar-refractivity contribution < 1.29 is 57.6 Å². The number of aromatic nitrogens is 6. The van der Waals surface area contributed by atoms with Gasteiger partial charge in [-0.1, -0.05) is 88.2 Å². The van der Waals surface area contributed by atoms with Crippen LogP contribution in [0.5, 0.6) is 5.75 Å². The minimum atomic E-state index is -4.07. The lowest BCUT2D eigenvalue weighted by Crippen LogP contribution is -2.34. The summed E-state index contributed by atoms with van der Waals surface area (Å²) in [4.78, 5) is 114. The van der Waals surface area contributed by atoms with Crippen molar-refractivity contribution in [3.05, 3.63) is 318 Å². The molecule has 16 aromatic rings. The van der Waals surface area contributed by atoms with E-state index >= 15 is 0 Å². The molecule has 8 amide bonds. The molecule has 2 aliphatic heterocycles. The van der Waals surface area contributed by atoms with Crippen LogP contribution in [0.3, 0.4) is 0 Å². The zero-order chi connectivity index (χ0) is 101. The number of nitrogens with zero attached hydrogens (tertiary/aromatic N) is 8. The monoisotopic (exact) mass is 2200 g/mol. The minimum Gasteiger partial charge on any atom is -0.497 e. The van der Waals surface area contributed by atoms with Gasteiger partial charge in [0.05, 0.1) is 79.1 Å². The Morgan fingerprint density at radius 2 is 0.685 bits per heavy atom. The number of pyridine rings is 2. The second-order valence-corrected chi connectivity index (χ2v) is 47.0. The molecule has 742 valence electrons. The molecule has 35 nitrogen and oxygen atoms in total. The molecule has 2 saturated heterocycles. The first-order chi connectivity index (χ1) is 68.5. The summed E-state index contributed by atoms with van der Waals surface area (Å²) in [7, 11) is -14.7. The Balaban J connectivity index is 0.000000145. The number of carbonyl (C=O) groups is 4. The van der Waals surface area contributed by atoms with E-state index in [-0.39, 0.29) is 69.2 Å². The van der Waals surface area contributed by atoms with Gasteiger partial charge in [0, 0.05) is 76.4 Å². The Kier molecular flexibility index (Phi) is 34.1. The van der Waals surface area contributed by atoms with E-state index in [1.54, 1.807) is 116 Å². The zero-order valence-corrected chi connectivity index (χ0v) is 85.9. The highest BCUT2D eigenvalue weighted by atomic mass is 35.5. The van der Waals surface area contributed by atoms with Crippen LogP contribution < -0.4 is 77.8 Å². The first kappa shape index (κ1) is 105. The van der Waals surface area contributed by atoms with Crippen LogP contribution in [0.1, 0.15) is 44.9 Å². The van der Waals surface area contributed by atoms with Crippen molar-refractivity contribution >= 4 is 257 Å². The maximum Gasteiger partial charge on any atom is 0.333 e. The second kappa shape index (κ2) is 46.7. The third kappa shape index (κ3) is 27.0. The van der Waals surface area contributed by atoms with Gasteiger partial charge in [0.25, 0.3) is 62.3 Å². The molecular formula is C94H84Cl6N18O17S8. The number of carbonyl (C=O) groups excluding carboxylic acids is 4. The SMILES string of the molecule is COc1ccc2c(=O)n(-c3ccc(NC(=O)NS(=O)(=O)c4ccc(Cl)s4)cc3)cnc2c1.O=C(Nc1ccc(-n2ccc3cc(NCCCN4CCCC4)ccc3c2=O)c(Cl)c1)NS(=O)(=O)c1ccc(Cl)s1.O=C(Nc1ccc(-n2ccc3cc(NCCCN4CCCCC4)ccc3c2=O)c(Cl)c1)NS(=O)(=O)c1ccc(Cl)s1.O=C(Nc1ccc(-n2cnc3ccccc3c2=O)cc1)NS(=O)(=O)c1ccc(Cl)s1. The van der Waals surface area contributed by atoms with Crippen LogP contribution in [0.2, 0.25) is 27.4 Å². The molecule has 0 spiro atoms. The first-order valence-corrected chi connectivity index (χ1v) is 54.9. The molecule has 2 aliphatic rings. The fourth-order valence-corrected chi connectivity index (χ4v) is 25.2. The average molecular weight is 2210 g/mol. The summed E-state index contributed by atoms with van der Waals surface area (Å²) in [6.45, 7) is 8.68. The molecule has 0 unspecified atom stereocenters. The number of halogens is 6.